The number of nitrogens with two attached hydrogens (primary N) is 2. The lowest BCUT2D eigenvalue weighted by Gasteiger charge is -2.42. The van der Waals surface area contributed by atoms with E-state index < -0.39 is 0 Å². The fourth-order valence-corrected chi connectivity index (χ4v) is 6.26. The summed E-state index contributed by atoms with van der Waals surface area (Å²) in [6, 6.07) is 6.01. The third-order valence-electron chi connectivity index (χ3n) is 6.94. The molecule has 1 aliphatic carbocycles. The van der Waals surface area contributed by atoms with Crippen molar-refractivity contribution in [2.24, 2.45) is 11.1 Å². The Morgan fingerprint density at radius 2 is 1.88 bits per heavy atom. The highest BCUT2D eigenvalue weighted by Crippen LogP contribution is 2.50. The minimum Gasteiger partial charge on any atom is -0.382 e. The summed E-state index contributed by atoms with van der Waals surface area (Å²) in [6.07, 6.45) is 12.1. The van der Waals surface area contributed by atoms with Gasteiger partial charge >= 0.3 is 0 Å². The van der Waals surface area contributed by atoms with Crippen molar-refractivity contribution in [1.29, 1.82) is 0 Å². The van der Waals surface area contributed by atoms with Gasteiger partial charge in [-0.25, -0.2) is 15.0 Å². The Morgan fingerprint density at radius 1 is 1.03 bits per heavy atom. The van der Waals surface area contributed by atoms with E-state index >= 15 is 0 Å². The number of hydrogen-bond donors (Lipinski definition) is 2. The molecule has 1 saturated heterocycles. The minimum absolute atomic E-state index is 0.00611. The lowest BCUT2D eigenvalue weighted by atomic mass is 9.73. The van der Waals surface area contributed by atoms with Crippen molar-refractivity contribution < 1.29 is 0 Å². The molecule has 1 spiro atoms. The van der Waals surface area contributed by atoms with E-state index in [-0.39, 0.29) is 11.5 Å². The molecule has 8 nitrogen and oxygen atoms in total. The van der Waals surface area contributed by atoms with E-state index in [1.807, 2.05) is 35.1 Å². The van der Waals surface area contributed by atoms with Crippen molar-refractivity contribution in [3.05, 3.63) is 65.5 Å². The summed E-state index contributed by atoms with van der Waals surface area (Å²) in [5.74, 6) is 1.21. The van der Waals surface area contributed by atoms with Gasteiger partial charge in [0.1, 0.15) is 5.82 Å². The van der Waals surface area contributed by atoms with E-state index in [1.165, 1.54) is 17.3 Å². The molecule has 10 heteroatoms. The van der Waals surface area contributed by atoms with Crippen LogP contribution < -0.4 is 16.4 Å². The highest BCUT2D eigenvalue weighted by molar-refractivity contribution is 7.99. The predicted molar refractivity (Wildman–Crippen MR) is 130 cm³/mol. The van der Waals surface area contributed by atoms with E-state index in [0.29, 0.717) is 10.8 Å². The number of nitrogens with zero attached hydrogens (tertiary/aromatic N) is 6. The zero-order valence-corrected chi connectivity index (χ0v) is 19.4. The molecule has 33 heavy (non-hydrogen) atoms. The smallest absolute Gasteiger partial charge is 0.211 e. The highest BCUT2D eigenvalue weighted by Gasteiger charge is 2.47. The molecule has 0 aromatic carbocycles. The SMILES string of the molecule is Nc1nccc(Sc2cnc(N3CCC4(CC3)Cc3cccnc3[C@H]4N)n3ccnc23)c1Cl. The first-order chi connectivity index (χ1) is 16.1. The Balaban J connectivity index is 1.25. The zero-order chi connectivity index (χ0) is 22.6. The Kier molecular flexibility index (Phi) is 4.93. The molecule has 0 saturated carbocycles. The highest BCUT2D eigenvalue weighted by atomic mass is 35.5. The van der Waals surface area contributed by atoms with Crippen LogP contribution >= 0.6 is 23.4 Å². The molecule has 4 aromatic rings. The van der Waals surface area contributed by atoms with Crippen LogP contribution in [0.15, 0.2) is 59.0 Å². The maximum atomic E-state index is 6.69. The van der Waals surface area contributed by atoms with Crippen LogP contribution in [0, 0.1) is 5.41 Å². The summed E-state index contributed by atoms with van der Waals surface area (Å²) in [5.41, 5.74) is 15.8. The van der Waals surface area contributed by atoms with Gasteiger partial charge in [0, 0.05) is 49.0 Å². The minimum atomic E-state index is -0.00611. The molecular weight excluding hydrogens is 456 g/mol. The number of anilines is 2. The molecule has 0 bridgehead atoms. The maximum absolute atomic E-state index is 6.69. The number of nitrogen functional groups attached to an aromatic ring is 1. The standard InChI is InChI=1S/C23H23ClN8S/c24-17-15(3-7-28-20(17)26)33-16-13-30-22(32-11-8-29-21(16)32)31-9-4-23(5-10-31)12-14-2-1-6-27-18(14)19(23)25/h1-3,6-8,11,13,19H,4-5,9-10,12,25H2,(H2,26,28)/t19-/m1/s1. The van der Waals surface area contributed by atoms with Gasteiger partial charge in [-0.1, -0.05) is 29.4 Å². The first kappa shape index (κ1) is 20.7. The summed E-state index contributed by atoms with van der Waals surface area (Å²) in [7, 11) is 0. The normalized spacial score (nSPS) is 19.3. The average molecular weight is 479 g/mol. The number of halogens is 1. The monoisotopic (exact) mass is 478 g/mol. The second kappa shape index (κ2) is 7.86. The van der Waals surface area contributed by atoms with Gasteiger partial charge in [0.05, 0.1) is 21.7 Å². The fourth-order valence-electron chi connectivity index (χ4n) is 5.13. The summed E-state index contributed by atoms with van der Waals surface area (Å²) in [4.78, 5) is 22.1. The molecule has 4 aromatic heterocycles. The first-order valence-electron chi connectivity index (χ1n) is 10.9. The van der Waals surface area contributed by atoms with Crippen molar-refractivity contribution in [2.75, 3.05) is 23.7 Å². The lowest BCUT2D eigenvalue weighted by Crippen LogP contribution is -2.45. The summed E-state index contributed by atoms with van der Waals surface area (Å²) < 4.78 is 2.05. The number of aromatic nitrogens is 5. The van der Waals surface area contributed by atoms with E-state index in [0.717, 1.165) is 59.4 Å². The van der Waals surface area contributed by atoms with Gasteiger partial charge in [-0.3, -0.25) is 9.38 Å². The molecule has 6 rings (SSSR count). The van der Waals surface area contributed by atoms with Gasteiger partial charge in [-0.2, -0.15) is 0 Å². The Bertz CT molecular complexity index is 1350. The molecule has 1 fully saturated rings. The lowest BCUT2D eigenvalue weighted by molar-refractivity contribution is 0.185. The number of imidazole rings is 1. The number of hydrogen-bond acceptors (Lipinski definition) is 8. The molecular formula is C23H23ClN8S. The predicted octanol–water partition coefficient (Wildman–Crippen LogP) is 3.75. The molecule has 0 unspecified atom stereocenters. The summed E-state index contributed by atoms with van der Waals surface area (Å²) in [5, 5.41) is 0.445. The summed E-state index contributed by atoms with van der Waals surface area (Å²) in [6.45, 7) is 1.78. The third kappa shape index (κ3) is 3.34. The average Bonchev–Trinajstić information content (AvgIpc) is 3.42. The van der Waals surface area contributed by atoms with Crippen molar-refractivity contribution in [2.45, 2.75) is 35.1 Å². The van der Waals surface area contributed by atoms with Crippen molar-refractivity contribution >= 4 is 40.8 Å². The van der Waals surface area contributed by atoms with Crippen LogP contribution in [-0.4, -0.2) is 37.4 Å². The van der Waals surface area contributed by atoms with Gasteiger partial charge in [0.25, 0.3) is 0 Å². The van der Waals surface area contributed by atoms with Gasteiger partial charge in [-0.05, 0) is 42.4 Å². The zero-order valence-electron chi connectivity index (χ0n) is 17.9. The Labute approximate surface area is 200 Å². The second-order valence-electron chi connectivity index (χ2n) is 8.71. The second-order valence-corrected chi connectivity index (χ2v) is 10.2. The maximum Gasteiger partial charge on any atom is 0.211 e. The van der Waals surface area contributed by atoms with Crippen molar-refractivity contribution in [3.63, 3.8) is 0 Å². The van der Waals surface area contributed by atoms with Crippen molar-refractivity contribution in [1.82, 2.24) is 24.3 Å². The van der Waals surface area contributed by atoms with Gasteiger partial charge in [0.2, 0.25) is 5.95 Å². The van der Waals surface area contributed by atoms with E-state index in [2.05, 4.69) is 25.9 Å². The molecule has 5 heterocycles. The molecule has 4 N–H and O–H groups in total. The fraction of sp³-hybridized carbons (Fsp3) is 0.304. The van der Waals surface area contributed by atoms with Crippen LogP contribution in [0.25, 0.3) is 5.65 Å². The van der Waals surface area contributed by atoms with Gasteiger partial charge < -0.3 is 16.4 Å². The van der Waals surface area contributed by atoms with E-state index in [1.54, 1.807) is 12.4 Å². The largest absolute Gasteiger partial charge is 0.382 e. The van der Waals surface area contributed by atoms with E-state index in [9.17, 15) is 0 Å². The molecule has 1 aliphatic heterocycles. The Hall–Kier alpha value is -2.88. The quantitative estimate of drug-likeness (QED) is 0.458. The van der Waals surface area contributed by atoms with Crippen molar-refractivity contribution in [3.8, 4) is 0 Å². The van der Waals surface area contributed by atoms with Crippen LogP contribution in [0.1, 0.15) is 30.1 Å². The molecule has 0 radical (unpaired) electrons. The van der Waals surface area contributed by atoms with Gasteiger partial charge in [-0.15, -0.1) is 0 Å². The number of piperidine rings is 1. The van der Waals surface area contributed by atoms with Crippen LogP contribution in [0.3, 0.4) is 0 Å². The molecule has 2 aliphatic rings. The first-order valence-corrected chi connectivity index (χ1v) is 12.1. The van der Waals surface area contributed by atoms with Crippen LogP contribution in [0.5, 0.6) is 0 Å². The number of rotatable bonds is 3. The van der Waals surface area contributed by atoms with E-state index in [4.69, 9.17) is 28.1 Å². The third-order valence-corrected chi connectivity index (χ3v) is 8.52. The van der Waals surface area contributed by atoms with Crippen LogP contribution in [-0.2, 0) is 6.42 Å². The van der Waals surface area contributed by atoms with Crippen LogP contribution in [0.4, 0.5) is 11.8 Å². The number of fused-ring (bicyclic) bond motifs is 2. The molecule has 168 valence electrons. The summed E-state index contributed by atoms with van der Waals surface area (Å²) >= 11 is 7.83. The topological polar surface area (TPSA) is 111 Å². The molecule has 1 atom stereocenters. The Morgan fingerprint density at radius 3 is 2.70 bits per heavy atom. The van der Waals surface area contributed by atoms with Gasteiger partial charge in [0.15, 0.2) is 5.65 Å². The van der Waals surface area contributed by atoms with Crippen LogP contribution in [0.2, 0.25) is 5.02 Å². The molecule has 0 amide bonds. The number of pyridine rings is 2.